The molecule has 1 aromatic heterocycles. The topological polar surface area (TPSA) is 70.7 Å². The summed E-state index contributed by atoms with van der Waals surface area (Å²) >= 11 is 7.38. The molecule has 1 aliphatic rings. The number of carbonyl (C=O) groups excluding carboxylic acids is 2. The summed E-state index contributed by atoms with van der Waals surface area (Å²) in [6.45, 7) is 4.99. The monoisotopic (exact) mass is 435 g/mol. The summed E-state index contributed by atoms with van der Waals surface area (Å²) in [6, 6.07) is 11.3. The second kappa shape index (κ2) is 9.98. The van der Waals surface area contributed by atoms with E-state index in [0.29, 0.717) is 23.2 Å². The number of carbonyl (C=O) groups is 2. The maximum Gasteiger partial charge on any atom is 0.263 e. The first-order valence-electron chi connectivity index (χ1n) is 9.82. The summed E-state index contributed by atoms with van der Waals surface area (Å²) in [5, 5.41) is 5.95. The number of benzene rings is 1. The largest absolute Gasteiger partial charge is 0.477 e. The zero-order chi connectivity index (χ0) is 20.8. The number of halogens is 1. The van der Waals surface area contributed by atoms with E-state index in [9.17, 15) is 9.59 Å². The number of nitrogens with one attached hydrogen (secondary N) is 2. The summed E-state index contributed by atoms with van der Waals surface area (Å²) in [7, 11) is 0. The predicted octanol–water partition coefficient (Wildman–Crippen LogP) is 3.59. The van der Waals surface area contributed by atoms with Crippen molar-refractivity contribution in [1.82, 2.24) is 10.6 Å². The van der Waals surface area contributed by atoms with Crippen molar-refractivity contribution >= 4 is 40.4 Å². The average Bonchev–Trinajstić information content (AvgIpc) is 3.15. The van der Waals surface area contributed by atoms with Gasteiger partial charge in [0, 0.05) is 10.9 Å². The third kappa shape index (κ3) is 5.64. The normalized spacial score (nSPS) is 15.6. The van der Waals surface area contributed by atoms with Gasteiger partial charge in [0.1, 0.15) is 5.75 Å². The Morgan fingerprint density at radius 1 is 1.24 bits per heavy atom. The van der Waals surface area contributed by atoms with Gasteiger partial charge >= 0.3 is 0 Å². The standard InChI is InChI=1S/C21H26ClN3O3S/c1-3-14(4-2)24-21(27)18-12-25(16-7-5-6-8-17(16)28-18)13-20(26)23-11-15-9-10-19(22)29-15/h5-10,14,18H,3-4,11-13H2,1-2H3,(H,23,26)(H,24,27). The van der Waals surface area contributed by atoms with Crippen LogP contribution in [-0.2, 0) is 16.1 Å². The molecule has 0 spiro atoms. The molecule has 156 valence electrons. The molecule has 0 fully saturated rings. The Labute approximate surface area is 180 Å². The highest BCUT2D eigenvalue weighted by Crippen LogP contribution is 2.33. The van der Waals surface area contributed by atoms with Crippen LogP contribution in [0.2, 0.25) is 4.34 Å². The third-order valence-electron chi connectivity index (χ3n) is 4.91. The minimum Gasteiger partial charge on any atom is -0.477 e. The van der Waals surface area contributed by atoms with Crippen molar-refractivity contribution in [2.24, 2.45) is 0 Å². The van der Waals surface area contributed by atoms with Gasteiger partial charge in [-0.1, -0.05) is 37.6 Å². The van der Waals surface area contributed by atoms with E-state index in [1.54, 1.807) is 0 Å². The van der Waals surface area contributed by atoms with Gasteiger partial charge in [-0.25, -0.2) is 0 Å². The van der Waals surface area contributed by atoms with Crippen molar-refractivity contribution in [3.63, 3.8) is 0 Å². The van der Waals surface area contributed by atoms with Crippen LogP contribution in [0.3, 0.4) is 0 Å². The Hall–Kier alpha value is -2.25. The van der Waals surface area contributed by atoms with Crippen LogP contribution < -0.4 is 20.3 Å². The van der Waals surface area contributed by atoms with Crippen molar-refractivity contribution in [2.45, 2.75) is 45.4 Å². The lowest BCUT2D eigenvalue weighted by Gasteiger charge is -2.35. The minimum absolute atomic E-state index is 0.120. The summed E-state index contributed by atoms with van der Waals surface area (Å²) in [6.07, 6.45) is 1.07. The highest BCUT2D eigenvalue weighted by Gasteiger charge is 2.32. The molecule has 0 radical (unpaired) electrons. The number of amides is 2. The molecule has 1 aromatic carbocycles. The van der Waals surface area contributed by atoms with Crippen molar-refractivity contribution in [1.29, 1.82) is 0 Å². The first-order valence-corrected chi connectivity index (χ1v) is 11.0. The van der Waals surface area contributed by atoms with Crippen LogP contribution in [0.15, 0.2) is 36.4 Å². The van der Waals surface area contributed by atoms with E-state index < -0.39 is 6.10 Å². The first-order chi connectivity index (χ1) is 14.0. The van der Waals surface area contributed by atoms with Gasteiger partial charge in [0.05, 0.1) is 29.7 Å². The lowest BCUT2D eigenvalue weighted by molar-refractivity contribution is -0.129. The molecular formula is C21H26ClN3O3S. The Kier molecular flexibility index (Phi) is 7.39. The fourth-order valence-corrected chi connectivity index (χ4v) is 4.27. The number of rotatable bonds is 8. The highest BCUT2D eigenvalue weighted by atomic mass is 35.5. The number of para-hydroxylation sites is 2. The van der Waals surface area contributed by atoms with E-state index in [-0.39, 0.29) is 24.4 Å². The Bertz CT molecular complexity index is 853. The number of hydrogen-bond acceptors (Lipinski definition) is 5. The van der Waals surface area contributed by atoms with Crippen LogP contribution in [0.5, 0.6) is 5.75 Å². The van der Waals surface area contributed by atoms with Gasteiger partial charge in [-0.2, -0.15) is 0 Å². The van der Waals surface area contributed by atoms with Gasteiger partial charge in [-0.05, 0) is 37.1 Å². The van der Waals surface area contributed by atoms with Crippen LogP contribution in [0, 0.1) is 0 Å². The lowest BCUT2D eigenvalue weighted by atomic mass is 10.1. The maximum absolute atomic E-state index is 12.7. The molecule has 0 aliphatic carbocycles. The predicted molar refractivity (Wildman–Crippen MR) is 117 cm³/mol. The third-order valence-corrected chi connectivity index (χ3v) is 6.14. The molecule has 29 heavy (non-hydrogen) atoms. The molecule has 3 rings (SSSR count). The quantitative estimate of drug-likeness (QED) is 0.664. The van der Waals surface area contributed by atoms with Gasteiger partial charge in [0.2, 0.25) is 5.91 Å². The number of anilines is 1. The molecule has 0 saturated heterocycles. The summed E-state index contributed by atoms with van der Waals surface area (Å²) in [5.74, 6) is 0.346. The lowest BCUT2D eigenvalue weighted by Crippen LogP contribution is -2.52. The van der Waals surface area contributed by atoms with E-state index in [4.69, 9.17) is 16.3 Å². The molecule has 1 unspecified atom stereocenters. The molecule has 1 atom stereocenters. The van der Waals surface area contributed by atoms with Crippen molar-refractivity contribution in [3.05, 3.63) is 45.6 Å². The van der Waals surface area contributed by atoms with Crippen molar-refractivity contribution < 1.29 is 14.3 Å². The van der Waals surface area contributed by atoms with E-state index >= 15 is 0 Å². The number of nitrogens with zero attached hydrogens (tertiary/aromatic N) is 1. The van der Waals surface area contributed by atoms with Gasteiger partial charge in [0.25, 0.3) is 5.91 Å². The van der Waals surface area contributed by atoms with Crippen LogP contribution in [0.1, 0.15) is 31.6 Å². The fourth-order valence-electron chi connectivity index (χ4n) is 3.24. The van der Waals surface area contributed by atoms with Gasteiger partial charge in [-0.15, -0.1) is 11.3 Å². The van der Waals surface area contributed by atoms with Crippen LogP contribution >= 0.6 is 22.9 Å². The summed E-state index contributed by atoms with van der Waals surface area (Å²) in [4.78, 5) is 28.1. The first kappa shape index (κ1) is 21.5. The molecular weight excluding hydrogens is 410 g/mol. The smallest absolute Gasteiger partial charge is 0.263 e. The number of ether oxygens (including phenoxy) is 1. The van der Waals surface area contributed by atoms with Crippen LogP contribution in [-0.4, -0.2) is 37.0 Å². The average molecular weight is 436 g/mol. The van der Waals surface area contributed by atoms with E-state index in [2.05, 4.69) is 10.6 Å². The Morgan fingerprint density at radius 3 is 2.69 bits per heavy atom. The molecule has 8 heteroatoms. The van der Waals surface area contributed by atoms with Gasteiger partial charge < -0.3 is 20.3 Å². The number of thiophene rings is 1. The molecule has 0 saturated carbocycles. The number of hydrogen-bond donors (Lipinski definition) is 2. The Balaban J connectivity index is 1.66. The van der Waals surface area contributed by atoms with Gasteiger partial charge in [-0.3, -0.25) is 9.59 Å². The van der Waals surface area contributed by atoms with Gasteiger partial charge in [0.15, 0.2) is 6.10 Å². The molecule has 2 aromatic rings. The molecule has 0 bridgehead atoms. The van der Waals surface area contributed by atoms with E-state index in [1.807, 2.05) is 55.1 Å². The fraction of sp³-hybridized carbons (Fsp3) is 0.429. The minimum atomic E-state index is -0.658. The molecule has 1 aliphatic heterocycles. The second-order valence-electron chi connectivity index (χ2n) is 6.96. The second-order valence-corrected chi connectivity index (χ2v) is 8.76. The van der Waals surface area contributed by atoms with E-state index in [0.717, 1.165) is 23.4 Å². The summed E-state index contributed by atoms with van der Waals surface area (Å²) in [5.41, 5.74) is 0.813. The highest BCUT2D eigenvalue weighted by molar-refractivity contribution is 7.16. The zero-order valence-electron chi connectivity index (χ0n) is 16.6. The summed E-state index contributed by atoms with van der Waals surface area (Å²) < 4.78 is 6.63. The SMILES string of the molecule is CCC(CC)NC(=O)C1CN(CC(=O)NCc2ccc(Cl)s2)c2ccccc2O1. The zero-order valence-corrected chi connectivity index (χ0v) is 18.2. The van der Waals surface area contributed by atoms with Crippen molar-refractivity contribution in [2.75, 3.05) is 18.0 Å². The molecule has 2 N–H and O–H groups in total. The van der Waals surface area contributed by atoms with Crippen molar-refractivity contribution in [3.8, 4) is 5.75 Å². The van der Waals surface area contributed by atoms with Crippen LogP contribution in [0.25, 0.3) is 0 Å². The maximum atomic E-state index is 12.7. The molecule has 2 amide bonds. The molecule has 2 heterocycles. The molecule has 6 nitrogen and oxygen atoms in total. The van der Waals surface area contributed by atoms with E-state index in [1.165, 1.54) is 11.3 Å². The Morgan fingerprint density at radius 2 is 2.00 bits per heavy atom. The van der Waals surface area contributed by atoms with Crippen LogP contribution in [0.4, 0.5) is 5.69 Å². The number of fused-ring (bicyclic) bond motifs is 1.